The molecule has 138 valence electrons. The fourth-order valence-corrected chi connectivity index (χ4v) is 3.08. The van der Waals surface area contributed by atoms with Crippen LogP contribution in [0.1, 0.15) is 39.2 Å². The van der Waals surface area contributed by atoms with Crippen LogP contribution in [0.15, 0.2) is 18.2 Å². The van der Waals surface area contributed by atoms with Crippen LogP contribution in [0.5, 0.6) is 5.75 Å². The monoisotopic (exact) mass is 366 g/mol. The molecule has 1 saturated carbocycles. The summed E-state index contributed by atoms with van der Waals surface area (Å²) >= 11 is 6.23. The molecule has 1 aromatic rings. The Labute approximate surface area is 154 Å². The smallest absolute Gasteiger partial charge is 0.410 e. The number of hydrogen-bond donors (Lipinski definition) is 0. The number of amides is 1. The van der Waals surface area contributed by atoms with E-state index in [9.17, 15) is 4.79 Å². The summed E-state index contributed by atoms with van der Waals surface area (Å²) in [4.78, 5) is 16.2. The van der Waals surface area contributed by atoms with Crippen molar-refractivity contribution in [2.24, 2.45) is 0 Å². The van der Waals surface area contributed by atoms with E-state index in [-0.39, 0.29) is 6.09 Å². The number of benzene rings is 1. The Kier molecular flexibility index (Phi) is 5.44. The number of hydrogen-bond acceptors (Lipinski definition) is 4. The molecule has 3 rings (SSSR count). The van der Waals surface area contributed by atoms with Gasteiger partial charge in [0.1, 0.15) is 11.4 Å². The lowest BCUT2D eigenvalue weighted by Crippen LogP contribution is -2.49. The number of nitrogens with zero attached hydrogens (tertiary/aromatic N) is 2. The van der Waals surface area contributed by atoms with Crippen LogP contribution in [-0.2, 0) is 11.3 Å². The molecule has 6 heteroatoms. The number of piperazine rings is 1. The van der Waals surface area contributed by atoms with Crippen LogP contribution in [-0.4, -0.2) is 53.8 Å². The van der Waals surface area contributed by atoms with Crippen LogP contribution in [0, 0.1) is 0 Å². The van der Waals surface area contributed by atoms with Gasteiger partial charge in [-0.2, -0.15) is 0 Å². The summed E-state index contributed by atoms with van der Waals surface area (Å²) < 4.78 is 11.3. The Hall–Kier alpha value is -1.46. The summed E-state index contributed by atoms with van der Waals surface area (Å²) in [6.45, 7) is 9.49. The molecule has 0 bridgehead atoms. The molecule has 1 aromatic carbocycles. The number of carbonyl (C=O) groups is 1. The van der Waals surface area contributed by atoms with Crippen molar-refractivity contribution < 1.29 is 14.3 Å². The Morgan fingerprint density at radius 2 is 1.84 bits per heavy atom. The van der Waals surface area contributed by atoms with Crippen LogP contribution in [0.3, 0.4) is 0 Å². The van der Waals surface area contributed by atoms with Gasteiger partial charge in [-0.1, -0.05) is 11.6 Å². The standard InChI is InChI=1S/C19H27ClN2O3/c1-19(2,3)25-18(23)22-8-6-21(7-9-22)13-14-10-15(20)12-17(11-14)24-16-4-5-16/h10-12,16H,4-9,13H2,1-3H3. The lowest BCUT2D eigenvalue weighted by molar-refractivity contribution is 0.0139. The number of halogens is 1. The van der Waals surface area contributed by atoms with E-state index in [4.69, 9.17) is 21.1 Å². The van der Waals surface area contributed by atoms with Crippen molar-refractivity contribution in [3.63, 3.8) is 0 Å². The molecule has 1 amide bonds. The maximum absolute atomic E-state index is 12.1. The fraction of sp³-hybridized carbons (Fsp3) is 0.632. The highest BCUT2D eigenvalue weighted by molar-refractivity contribution is 6.30. The average molecular weight is 367 g/mol. The second kappa shape index (κ2) is 7.42. The van der Waals surface area contributed by atoms with Crippen molar-refractivity contribution in [3.8, 4) is 5.75 Å². The molecule has 2 fully saturated rings. The van der Waals surface area contributed by atoms with Gasteiger partial charge in [-0.15, -0.1) is 0 Å². The molecule has 1 saturated heterocycles. The summed E-state index contributed by atoms with van der Waals surface area (Å²) in [5.41, 5.74) is 0.696. The summed E-state index contributed by atoms with van der Waals surface area (Å²) in [7, 11) is 0. The fourth-order valence-electron chi connectivity index (χ4n) is 2.83. The first-order chi connectivity index (χ1) is 11.8. The quantitative estimate of drug-likeness (QED) is 0.809. The average Bonchev–Trinajstić information content (AvgIpc) is 3.29. The Bertz CT molecular complexity index is 618. The highest BCUT2D eigenvalue weighted by Crippen LogP contribution is 2.29. The van der Waals surface area contributed by atoms with E-state index in [0.29, 0.717) is 24.2 Å². The first-order valence-electron chi connectivity index (χ1n) is 8.95. The minimum atomic E-state index is -0.451. The van der Waals surface area contributed by atoms with E-state index in [1.54, 1.807) is 4.90 Å². The van der Waals surface area contributed by atoms with Gasteiger partial charge in [0.25, 0.3) is 0 Å². The third kappa shape index (κ3) is 5.79. The van der Waals surface area contributed by atoms with Gasteiger partial charge in [-0.05, 0) is 57.4 Å². The van der Waals surface area contributed by atoms with Crippen molar-refractivity contribution >= 4 is 17.7 Å². The van der Waals surface area contributed by atoms with Gasteiger partial charge in [0.2, 0.25) is 0 Å². The number of rotatable bonds is 4. The van der Waals surface area contributed by atoms with E-state index in [1.165, 1.54) is 0 Å². The van der Waals surface area contributed by atoms with Crippen LogP contribution < -0.4 is 4.74 Å². The molecule has 5 nitrogen and oxygen atoms in total. The van der Waals surface area contributed by atoms with E-state index < -0.39 is 5.60 Å². The van der Waals surface area contributed by atoms with Crippen LogP contribution >= 0.6 is 11.6 Å². The van der Waals surface area contributed by atoms with Crippen molar-refractivity contribution in [1.29, 1.82) is 0 Å². The van der Waals surface area contributed by atoms with Gasteiger partial charge in [0.05, 0.1) is 6.10 Å². The third-order valence-corrected chi connectivity index (χ3v) is 4.41. The van der Waals surface area contributed by atoms with E-state index >= 15 is 0 Å². The largest absolute Gasteiger partial charge is 0.490 e. The van der Waals surface area contributed by atoms with Crippen LogP contribution in [0.4, 0.5) is 4.79 Å². The molecule has 0 N–H and O–H groups in total. The summed E-state index contributed by atoms with van der Waals surface area (Å²) in [5.74, 6) is 0.859. The van der Waals surface area contributed by atoms with Crippen molar-refractivity contribution in [1.82, 2.24) is 9.80 Å². The lowest BCUT2D eigenvalue weighted by atomic mass is 10.2. The molecule has 0 radical (unpaired) electrons. The van der Waals surface area contributed by atoms with E-state index in [2.05, 4.69) is 11.0 Å². The SMILES string of the molecule is CC(C)(C)OC(=O)N1CCN(Cc2cc(Cl)cc(OC3CC3)c2)CC1. The second-order valence-corrected chi connectivity index (χ2v) is 8.29. The zero-order valence-electron chi connectivity index (χ0n) is 15.3. The Morgan fingerprint density at radius 1 is 1.16 bits per heavy atom. The molecular formula is C19H27ClN2O3. The molecule has 0 aromatic heterocycles. The van der Waals surface area contributed by atoms with Gasteiger partial charge in [-0.3, -0.25) is 4.90 Å². The van der Waals surface area contributed by atoms with Gasteiger partial charge >= 0.3 is 6.09 Å². The predicted molar refractivity (Wildman–Crippen MR) is 98.2 cm³/mol. The van der Waals surface area contributed by atoms with Crippen LogP contribution in [0.2, 0.25) is 5.02 Å². The molecule has 1 aliphatic heterocycles. The predicted octanol–water partition coefficient (Wildman–Crippen LogP) is 3.93. The maximum atomic E-state index is 12.1. The molecule has 0 spiro atoms. The molecule has 0 unspecified atom stereocenters. The third-order valence-electron chi connectivity index (χ3n) is 4.19. The molecule has 2 aliphatic rings. The van der Waals surface area contributed by atoms with Crippen molar-refractivity contribution in [2.75, 3.05) is 26.2 Å². The van der Waals surface area contributed by atoms with E-state index in [1.807, 2.05) is 32.9 Å². The van der Waals surface area contributed by atoms with Crippen molar-refractivity contribution in [3.05, 3.63) is 28.8 Å². The number of carbonyl (C=O) groups excluding carboxylic acids is 1. The summed E-state index contributed by atoms with van der Waals surface area (Å²) in [5, 5.41) is 0.709. The zero-order valence-corrected chi connectivity index (χ0v) is 16.0. The summed E-state index contributed by atoms with van der Waals surface area (Å²) in [6.07, 6.45) is 2.40. The molecular weight excluding hydrogens is 340 g/mol. The maximum Gasteiger partial charge on any atom is 0.410 e. The molecule has 1 aliphatic carbocycles. The van der Waals surface area contributed by atoms with Gasteiger partial charge < -0.3 is 14.4 Å². The van der Waals surface area contributed by atoms with E-state index in [0.717, 1.165) is 43.8 Å². The highest BCUT2D eigenvalue weighted by Gasteiger charge is 2.26. The Morgan fingerprint density at radius 3 is 2.44 bits per heavy atom. The first kappa shape index (κ1) is 18.3. The highest BCUT2D eigenvalue weighted by atomic mass is 35.5. The van der Waals surface area contributed by atoms with Crippen LogP contribution in [0.25, 0.3) is 0 Å². The molecule has 0 atom stereocenters. The van der Waals surface area contributed by atoms with Gasteiger partial charge in [0, 0.05) is 37.7 Å². The minimum absolute atomic E-state index is 0.227. The first-order valence-corrected chi connectivity index (χ1v) is 9.33. The second-order valence-electron chi connectivity index (χ2n) is 7.86. The molecule has 1 heterocycles. The Balaban J connectivity index is 1.52. The van der Waals surface area contributed by atoms with Gasteiger partial charge in [0.15, 0.2) is 0 Å². The molecule has 25 heavy (non-hydrogen) atoms. The summed E-state index contributed by atoms with van der Waals surface area (Å²) in [6, 6.07) is 5.94. The lowest BCUT2D eigenvalue weighted by Gasteiger charge is -2.35. The number of ether oxygens (including phenoxy) is 2. The zero-order chi connectivity index (χ0) is 18.0. The van der Waals surface area contributed by atoms with Crippen molar-refractivity contribution in [2.45, 2.75) is 51.9 Å². The normalized spacial score (nSPS) is 19.0. The van der Waals surface area contributed by atoms with Gasteiger partial charge in [-0.25, -0.2) is 4.79 Å². The topological polar surface area (TPSA) is 42.0 Å². The minimum Gasteiger partial charge on any atom is -0.490 e.